The molecule has 0 amide bonds. The number of aromatic nitrogens is 2. The molecule has 0 bridgehead atoms. The first-order valence-electron chi connectivity index (χ1n) is 11.5. The molecule has 6 rings (SSSR count). The van der Waals surface area contributed by atoms with Gasteiger partial charge < -0.3 is 14.7 Å². The molecule has 2 aromatic heterocycles. The van der Waals surface area contributed by atoms with Gasteiger partial charge in [-0.1, -0.05) is 42.5 Å². The van der Waals surface area contributed by atoms with Gasteiger partial charge in [0.15, 0.2) is 17.0 Å². The van der Waals surface area contributed by atoms with Crippen LogP contribution in [0.4, 0.5) is 4.39 Å². The van der Waals surface area contributed by atoms with Gasteiger partial charge >= 0.3 is 0 Å². The van der Waals surface area contributed by atoms with Crippen LogP contribution in [-0.2, 0) is 6.54 Å². The number of hydrogen-bond donors (Lipinski definition) is 1. The normalized spacial score (nSPS) is 13.8. The highest BCUT2D eigenvalue weighted by Crippen LogP contribution is 2.42. The second-order valence-corrected chi connectivity index (χ2v) is 9.01. The molecule has 0 unspecified atom stereocenters. The van der Waals surface area contributed by atoms with E-state index in [1.165, 1.54) is 6.07 Å². The number of nitrogens with zero attached hydrogens (tertiary/aromatic N) is 2. The van der Waals surface area contributed by atoms with Crippen molar-refractivity contribution in [3.63, 3.8) is 0 Å². The van der Waals surface area contributed by atoms with Crippen molar-refractivity contribution in [2.24, 2.45) is 5.73 Å². The summed E-state index contributed by atoms with van der Waals surface area (Å²) in [6.45, 7) is 4.18. The first kappa shape index (κ1) is 20.8. The van der Waals surface area contributed by atoms with Gasteiger partial charge in [-0.2, -0.15) is 0 Å². The molecule has 0 radical (unpaired) electrons. The van der Waals surface area contributed by atoms with Crippen molar-refractivity contribution in [2.75, 3.05) is 0 Å². The van der Waals surface area contributed by atoms with Crippen LogP contribution in [0.15, 0.2) is 63.8 Å². The number of benzene rings is 3. The molecule has 0 spiro atoms. The van der Waals surface area contributed by atoms with Crippen LogP contribution < -0.4 is 11.3 Å². The minimum atomic E-state index is -0.293. The van der Waals surface area contributed by atoms with E-state index in [1.807, 2.05) is 54.0 Å². The van der Waals surface area contributed by atoms with Gasteiger partial charge in [0.2, 0.25) is 0 Å². The maximum absolute atomic E-state index is 15.2. The number of hydrogen-bond acceptors (Lipinski definition) is 4. The SMILES string of the molecule is Cc1nc2c(=O)n(C3CC3)c3c(C)c(-c4cccc(F)c4-c4ccc(CN)cc4)ccc3c2o1. The van der Waals surface area contributed by atoms with Crippen molar-refractivity contribution >= 4 is 22.0 Å². The zero-order valence-corrected chi connectivity index (χ0v) is 19.1. The molecule has 0 saturated heterocycles. The number of fused-ring (bicyclic) bond motifs is 3. The summed E-state index contributed by atoms with van der Waals surface area (Å²) in [6, 6.07) is 16.9. The molecule has 34 heavy (non-hydrogen) atoms. The molecule has 1 saturated carbocycles. The zero-order chi connectivity index (χ0) is 23.6. The lowest BCUT2D eigenvalue weighted by atomic mass is 9.90. The second-order valence-electron chi connectivity index (χ2n) is 9.01. The molecule has 0 aliphatic heterocycles. The number of oxazole rings is 1. The molecule has 2 heterocycles. The average molecular weight is 454 g/mol. The van der Waals surface area contributed by atoms with E-state index in [0.29, 0.717) is 29.1 Å². The Hall–Kier alpha value is -3.77. The van der Waals surface area contributed by atoms with Gasteiger partial charge in [-0.3, -0.25) is 4.79 Å². The summed E-state index contributed by atoms with van der Waals surface area (Å²) < 4.78 is 23.0. The second kappa shape index (κ2) is 7.64. The minimum absolute atomic E-state index is 0.126. The molecule has 2 N–H and O–H groups in total. The van der Waals surface area contributed by atoms with Gasteiger partial charge in [0.05, 0.1) is 5.52 Å². The minimum Gasteiger partial charge on any atom is -0.440 e. The van der Waals surface area contributed by atoms with Crippen LogP contribution in [0.5, 0.6) is 0 Å². The first-order valence-corrected chi connectivity index (χ1v) is 11.5. The van der Waals surface area contributed by atoms with E-state index in [0.717, 1.165) is 51.6 Å². The molecular weight excluding hydrogens is 429 g/mol. The van der Waals surface area contributed by atoms with Gasteiger partial charge in [-0.25, -0.2) is 9.37 Å². The lowest BCUT2D eigenvalue weighted by Gasteiger charge is -2.18. The fraction of sp³-hybridized carbons (Fsp3) is 0.214. The van der Waals surface area contributed by atoms with E-state index in [9.17, 15) is 4.79 Å². The Balaban J connectivity index is 1.66. The molecule has 1 fully saturated rings. The van der Waals surface area contributed by atoms with Crippen molar-refractivity contribution in [1.29, 1.82) is 0 Å². The van der Waals surface area contributed by atoms with E-state index in [2.05, 4.69) is 4.98 Å². The van der Waals surface area contributed by atoms with Crippen LogP contribution in [0.2, 0.25) is 0 Å². The van der Waals surface area contributed by atoms with Crippen molar-refractivity contribution in [2.45, 2.75) is 39.3 Å². The Morgan fingerprint density at radius 2 is 1.82 bits per heavy atom. The molecule has 170 valence electrons. The molecule has 6 heteroatoms. The fourth-order valence-electron chi connectivity index (χ4n) is 4.99. The summed E-state index contributed by atoms with van der Waals surface area (Å²) >= 11 is 0. The van der Waals surface area contributed by atoms with Gasteiger partial charge in [-0.05, 0) is 59.7 Å². The standard InChI is InChI=1S/C28H24FN3O2/c1-15-20(21-4-3-5-23(29)24(21)18-8-6-17(14-30)7-9-18)12-13-22-26(15)32(19-10-11-19)28(33)25-27(22)34-16(2)31-25/h3-9,12-13,19H,10-11,14,30H2,1-2H3. The number of rotatable bonds is 4. The van der Waals surface area contributed by atoms with E-state index >= 15 is 4.39 Å². The van der Waals surface area contributed by atoms with Gasteiger partial charge in [-0.15, -0.1) is 0 Å². The van der Waals surface area contributed by atoms with Crippen LogP contribution in [0, 0.1) is 19.7 Å². The predicted molar refractivity (Wildman–Crippen MR) is 132 cm³/mol. The summed E-state index contributed by atoms with van der Waals surface area (Å²) in [5, 5.41) is 0.855. The Kier molecular flexibility index (Phi) is 4.67. The predicted octanol–water partition coefficient (Wildman–Crippen LogP) is 6.03. The lowest BCUT2D eigenvalue weighted by Crippen LogP contribution is -2.20. The molecule has 3 aromatic carbocycles. The van der Waals surface area contributed by atoms with E-state index in [1.54, 1.807) is 13.0 Å². The largest absolute Gasteiger partial charge is 0.440 e. The molecule has 0 atom stereocenters. The summed E-state index contributed by atoms with van der Waals surface area (Å²) in [6.07, 6.45) is 1.92. The third-order valence-corrected chi connectivity index (χ3v) is 6.77. The Morgan fingerprint density at radius 3 is 2.53 bits per heavy atom. The highest BCUT2D eigenvalue weighted by Gasteiger charge is 2.30. The molecular formula is C28H24FN3O2. The summed E-state index contributed by atoms with van der Waals surface area (Å²) in [5.41, 5.74) is 12.2. The smallest absolute Gasteiger partial charge is 0.281 e. The average Bonchev–Trinajstić information content (AvgIpc) is 3.59. The third kappa shape index (κ3) is 3.10. The fourth-order valence-corrected chi connectivity index (χ4v) is 4.99. The van der Waals surface area contributed by atoms with E-state index in [4.69, 9.17) is 10.2 Å². The van der Waals surface area contributed by atoms with Gasteiger partial charge in [0.1, 0.15) is 5.82 Å². The van der Waals surface area contributed by atoms with Crippen LogP contribution in [0.1, 0.15) is 35.9 Å². The summed E-state index contributed by atoms with van der Waals surface area (Å²) in [4.78, 5) is 17.8. The number of aryl methyl sites for hydroxylation is 2. The van der Waals surface area contributed by atoms with Crippen LogP contribution >= 0.6 is 0 Å². The van der Waals surface area contributed by atoms with Crippen LogP contribution in [-0.4, -0.2) is 9.55 Å². The van der Waals surface area contributed by atoms with Gasteiger partial charge in [0, 0.05) is 30.5 Å². The maximum Gasteiger partial charge on any atom is 0.281 e. The Morgan fingerprint density at radius 1 is 1.06 bits per heavy atom. The van der Waals surface area contributed by atoms with Crippen LogP contribution in [0.25, 0.3) is 44.3 Å². The van der Waals surface area contributed by atoms with Crippen LogP contribution in [0.3, 0.4) is 0 Å². The van der Waals surface area contributed by atoms with E-state index in [-0.39, 0.29) is 17.4 Å². The molecule has 1 aliphatic carbocycles. The summed E-state index contributed by atoms with van der Waals surface area (Å²) in [5.74, 6) is 0.176. The number of pyridine rings is 1. The highest BCUT2D eigenvalue weighted by molar-refractivity contribution is 6.05. The molecule has 5 nitrogen and oxygen atoms in total. The van der Waals surface area contributed by atoms with Crippen molar-refractivity contribution < 1.29 is 8.81 Å². The third-order valence-electron chi connectivity index (χ3n) is 6.77. The monoisotopic (exact) mass is 453 g/mol. The Labute approximate surface area is 195 Å². The number of halogens is 1. The lowest BCUT2D eigenvalue weighted by molar-refractivity contribution is 0.563. The van der Waals surface area contributed by atoms with Gasteiger partial charge in [0.25, 0.3) is 5.56 Å². The van der Waals surface area contributed by atoms with Crippen molar-refractivity contribution in [1.82, 2.24) is 9.55 Å². The zero-order valence-electron chi connectivity index (χ0n) is 19.1. The summed E-state index contributed by atoms with van der Waals surface area (Å²) in [7, 11) is 0. The maximum atomic E-state index is 15.2. The molecule has 5 aromatic rings. The Bertz CT molecular complexity index is 1640. The topological polar surface area (TPSA) is 74.0 Å². The van der Waals surface area contributed by atoms with E-state index < -0.39 is 0 Å². The molecule has 1 aliphatic rings. The number of nitrogens with two attached hydrogens (primary N) is 1. The quantitative estimate of drug-likeness (QED) is 0.361. The first-order chi connectivity index (χ1) is 16.5. The van der Waals surface area contributed by atoms with Crippen molar-refractivity contribution in [3.8, 4) is 22.3 Å². The van der Waals surface area contributed by atoms with Crippen molar-refractivity contribution in [3.05, 3.63) is 87.8 Å². The highest BCUT2D eigenvalue weighted by atomic mass is 19.1.